The monoisotopic (exact) mass is 239 g/mol. The van der Waals surface area contributed by atoms with E-state index in [-0.39, 0.29) is 12.1 Å². The van der Waals surface area contributed by atoms with E-state index in [1.54, 1.807) is 11.4 Å². The number of hydrogen-bond donors (Lipinski definition) is 2. The van der Waals surface area contributed by atoms with Crippen molar-refractivity contribution in [1.82, 2.24) is 9.55 Å². The van der Waals surface area contributed by atoms with Gasteiger partial charge < -0.3 is 10.8 Å². The first-order valence-corrected chi connectivity index (χ1v) is 5.38. The van der Waals surface area contributed by atoms with Crippen LogP contribution in [-0.4, -0.2) is 26.7 Å². The fourth-order valence-corrected chi connectivity index (χ4v) is 2.09. The van der Waals surface area contributed by atoms with E-state index in [4.69, 9.17) is 10.8 Å². The number of carboxylic acid groups (broad SMARTS) is 1. The number of nitrogens with two attached hydrogens (primary N) is 1. The average Bonchev–Trinajstić information content (AvgIpc) is 2.70. The fraction of sp³-hybridized carbons (Fsp3) is 0.222. The Labute approximate surface area is 94.0 Å². The highest BCUT2D eigenvalue weighted by Gasteiger charge is 2.14. The maximum Gasteiger partial charge on any atom is 0.322 e. The summed E-state index contributed by atoms with van der Waals surface area (Å²) in [7, 11) is 0. The van der Waals surface area contributed by atoms with Crippen molar-refractivity contribution < 1.29 is 9.90 Å². The lowest BCUT2D eigenvalue weighted by Crippen LogP contribution is -2.37. The van der Waals surface area contributed by atoms with Gasteiger partial charge in [-0.15, -0.1) is 11.3 Å². The molecule has 0 spiro atoms. The van der Waals surface area contributed by atoms with Gasteiger partial charge in [0.25, 0.3) is 5.56 Å². The zero-order chi connectivity index (χ0) is 11.7. The van der Waals surface area contributed by atoms with Crippen LogP contribution in [0.5, 0.6) is 0 Å². The van der Waals surface area contributed by atoms with Gasteiger partial charge in [0, 0.05) is 0 Å². The molecule has 0 radical (unpaired) electrons. The van der Waals surface area contributed by atoms with Gasteiger partial charge >= 0.3 is 5.97 Å². The second kappa shape index (κ2) is 4.03. The summed E-state index contributed by atoms with van der Waals surface area (Å²) >= 11 is 1.28. The van der Waals surface area contributed by atoms with Crippen molar-refractivity contribution in [2.45, 2.75) is 12.6 Å². The van der Waals surface area contributed by atoms with Gasteiger partial charge in [-0.1, -0.05) is 0 Å². The molecular weight excluding hydrogens is 230 g/mol. The highest BCUT2D eigenvalue weighted by molar-refractivity contribution is 7.17. The SMILES string of the molecule is NC(Cn1cnc2ccsc2c1=O)C(=O)O. The van der Waals surface area contributed by atoms with E-state index < -0.39 is 12.0 Å². The third-order valence-corrected chi connectivity index (χ3v) is 3.04. The van der Waals surface area contributed by atoms with Crippen LogP contribution in [0.1, 0.15) is 0 Å². The van der Waals surface area contributed by atoms with E-state index in [9.17, 15) is 9.59 Å². The predicted molar refractivity (Wildman–Crippen MR) is 59.5 cm³/mol. The van der Waals surface area contributed by atoms with Gasteiger partial charge in [-0.05, 0) is 11.4 Å². The van der Waals surface area contributed by atoms with Crippen molar-refractivity contribution in [3.8, 4) is 0 Å². The first-order valence-electron chi connectivity index (χ1n) is 4.50. The number of hydrogen-bond acceptors (Lipinski definition) is 5. The Morgan fingerprint density at radius 2 is 2.44 bits per heavy atom. The highest BCUT2D eigenvalue weighted by atomic mass is 32.1. The maximum absolute atomic E-state index is 11.8. The molecule has 84 valence electrons. The van der Waals surface area contributed by atoms with E-state index in [2.05, 4.69) is 4.98 Å². The number of rotatable bonds is 3. The molecule has 0 aliphatic rings. The van der Waals surface area contributed by atoms with Crippen LogP contribution in [0.3, 0.4) is 0 Å². The van der Waals surface area contributed by atoms with Gasteiger partial charge in [0.1, 0.15) is 10.7 Å². The summed E-state index contributed by atoms with van der Waals surface area (Å²) in [5, 5.41) is 10.4. The Hall–Kier alpha value is -1.73. The molecule has 0 aromatic carbocycles. The Morgan fingerprint density at radius 3 is 3.12 bits per heavy atom. The molecule has 0 fully saturated rings. The summed E-state index contributed by atoms with van der Waals surface area (Å²) in [6.07, 6.45) is 1.32. The Morgan fingerprint density at radius 1 is 1.69 bits per heavy atom. The van der Waals surface area contributed by atoms with Crippen LogP contribution in [0, 0.1) is 0 Å². The number of nitrogens with zero attached hydrogens (tertiary/aromatic N) is 2. The smallest absolute Gasteiger partial charge is 0.322 e. The van der Waals surface area contributed by atoms with Crippen LogP contribution in [0.4, 0.5) is 0 Å². The Kier molecular flexibility index (Phi) is 2.71. The second-order valence-electron chi connectivity index (χ2n) is 3.28. The summed E-state index contributed by atoms with van der Waals surface area (Å²) in [6.45, 7) is -0.0744. The molecule has 0 amide bonds. The van der Waals surface area contributed by atoms with Crippen molar-refractivity contribution in [3.05, 3.63) is 28.1 Å². The van der Waals surface area contributed by atoms with Crippen molar-refractivity contribution in [3.63, 3.8) is 0 Å². The third-order valence-electron chi connectivity index (χ3n) is 2.15. The van der Waals surface area contributed by atoms with Crippen molar-refractivity contribution >= 4 is 27.5 Å². The van der Waals surface area contributed by atoms with Crippen LogP contribution in [0.2, 0.25) is 0 Å². The molecule has 2 heterocycles. The number of aliphatic carboxylic acids is 1. The Balaban J connectivity index is 2.42. The number of aromatic nitrogens is 2. The number of carboxylic acids is 1. The lowest BCUT2D eigenvalue weighted by molar-refractivity contribution is -0.138. The summed E-state index contributed by atoms with van der Waals surface area (Å²) < 4.78 is 1.73. The summed E-state index contributed by atoms with van der Waals surface area (Å²) in [4.78, 5) is 26.4. The molecule has 0 aliphatic carbocycles. The minimum Gasteiger partial charge on any atom is -0.480 e. The lowest BCUT2D eigenvalue weighted by atomic mass is 10.3. The average molecular weight is 239 g/mol. The van der Waals surface area contributed by atoms with Crippen LogP contribution in [-0.2, 0) is 11.3 Å². The zero-order valence-electron chi connectivity index (χ0n) is 8.16. The summed E-state index contributed by atoms with van der Waals surface area (Å²) in [5.74, 6) is -1.14. The molecule has 0 saturated heterocycles. The quantitative estimate of drug-likeness (QED) is 0.777. The molecule has 1 atom stereocenters. The molecule has 2 aromatic heterocycles. The second-order valence-corrected chi connectivity index (χ2v) is 4.20. The van der Waals surface area contributed by atoms with Gasteiger partial charge in [-0.25, -0.2) is 4.98 Å². The normalized spacial score (nSPS) is 12.8. The van der Waals surface area contributed by atoms with Gasteiger partial charge in [0.15, 0.2) is 0 Å². The minimum absolute atomic E-state index is 0.0744. The number of carbonyl (C=O) groups is 1. The van der Waals surface area contributed by atoms with Crippen molar-refractivity contribution in [2.24, 2.45) is 5.73 Å². The van der Waals surface area contributed by atoms with Crippen LogP contribution in [0.15, 0.2) is 22.6 Å². The maximum atomic E-state index is 11.8. The number of thiophene rings is 1. The minimum atomic E-state index is -1.14. The summed E-state index contributed by atoms with van der Waals surface area (Å²) in [6, 6.07) is 0.639. The zero-order valence-corrected chi connectivity index (χ0v) is 8.98. The van der Waals surface area contributed by atoms with Gasteiger partial charge in [0.2, 0.25) is 0 Å². The Bertz CT molecular complexity index is 589. The van der Waals surface area contributed by atoms with Gasteiger partial charge in [0.05, 0.1) is 18.4 Å². The van der Waals surface area contributed by atoms with Crippen molar-refractivity contribution in [2.75, 3.05) is 0 Å². The topological polar surface area (TPSA) is 98.2 Å². The highest BCUT2D eigenvalue weighted by Crippen LogP contribution is 2.12. The molecule has 3 N–H and O–H groups in total. The molecule has 7 heteroatoms. The standard InChI is InChI=1S/C9H9N3O3S/c10-5(9(14)15)3-12-4-11-6-1-2-16-7(6)8(12)13/h1-2,4-5H,3,10H2,(H,14,15). The molecule has 0 saturated carbocycles. The van der Waals surface area contributed by atoms with E-state index in [1.165, 1.54) is 22.2 Å². The molecule has 2 aromatic rings. The van der Waals surface area contributed by atoms with E-state index in [0.29, 0.717) is 10.2 Å². The summed E-state index contributed by atoms with van der Waals surface area (Å²) in [5.41, 5.74) is 5.72. The molecular formula is C9H9N3O3S. The van der Waals surface area contributed by atoms with Crippen molar-refractivity contribution in [1.29, 1.82) is 0 Å². The predicted octanol–water partition coefficient (Wildman–Crippen LogP) is -0.130. The molecule has 1 unspecified atom stereocenters. The fourth-order valence-electron chi connectivity index (χ4n) is 1.30. The first-order chi connectivity index (χ1) is 7.59. The van der Waals surface area contributed by atoms with E-state index in [0.717, 1.165) is 0 Å². The lowest BCUT2D eigenvalue weighted by Gasteiger charge is -2.08. The molecule has 6 nitrogen and oxygen atoms in total. The van der Waals surface area contributed by atoms with Crippen LogP contribution >= 0.6 is 11.3 Å². The van der Waals surface area contributed by atoms with Gasteiger partial charge in [-0.3, -0.25) is 14.2 Å². The first kappa shape index (κ1) is 10.8. The van der Waals surface area contributed by atoms with Crippen LogP contribution in [0.25, 0.3) is 10.2 Å². The molecule has 16 heavy (non-hydrogen) atoms. The van der Waals surface area contributed by atoms with E-state index >= 15 is 0 Å². The molecule has 2 rings (SSSR count). The number of fused-ring (bicyclic) bond motifs is 1. The van der Waals surface area contributed by atoms with Crippen LogP contribution < -0.4 is 11.3 Å². The molecule has 0 aliphatic heterocycles. The largest absolute Gasteiger partial charge is 0.480 e. The molecule has 0 bridgehead atoms. The van der Waals surface area contributed by atoms with Gasteiger partial charge in [-0.2, -0.15) is 0 Å². The van der Waals surface area contributed by atoms with E-state index in [1.807, 2.05) is 0 Å². The third kappa shape index (κ3) is 1.82.